The van der Waals surface area contributed by atoms with Crippen LogP contribution in [0, 0.1) is 0 Å². The molecule has 5 nitrogen and oxygen atoms in total. The van der Waals surface area contributed by atoms with Crippen molar-refractivity contribution in [3.63, 3.8) is 0 Å². The second-order valence-corrected chi connectivity index (χ2v) is 5.69. The molecule has 0 saturated carbocycles. The molecule has 1 N–H and O–H groups in total. The third-order valence-corrected chi connectivity index (χ3v) is 3.78. The van der Waals surface area contributed by atoms with Crippen molar-refractivity contribution in [2.45, 2.75) is 36.7 Å². The van der Waals surface area contributed by atoms with Gasteiger partial charge in [-0.05, 0) is 31.2 Å². The quantitative estimate of drug-likeness (QED) is 0.557. The number of hydrogen-bond donors (Lipinski definition) is 1. The van der Waals surface area contributed by atoms with E-state index in [0.29, 0.717) is 0 Å². The average molecular weight is 439 g/mol. The largest absolute Gasteiger partial charge is 0.462 e. The lowest BCUT2D eigenvalue weighted by atomic mass is 9.99. The number of hydrogen-bond acceptors (Lipinski definition) is 4. The summed E-state index contributed by atoms with van der Waals surface area (Å²) in [5.74, 6) is -29.8. The summed E-state index contributed by atoms with van der Waals surface area (Å²) < 4.78 is 128. The third kappa shape index (κ3) is 3.18. The summed E-state index contributed by atoms with van der Waals surface area (Å²) in [6.45, 7) is 1.47. The number of ether oxygens (including phenoxy) is 2. The topological polar surface area (TPSA) is 64.6 Å². The molecule has 1 atom stereocenters. The first-order valence-corrected chi connectivity index (χ1v) is 7.54. The Morgan fingerprint density at radius 1 is 1.00 bits per heavy atom. The minimum atomic E-state index is -6.77. The molecule has 1 aromatic rings. The molecular weight excluding hydrogens is 429 g/mol. The molecule has 0 bridgehead atoms. The number of benzene rings is 1. The predicted octanol–water partition coefficient (Wildman–Crippen LogP) is 4.00. The number of rotatable bonds is 5. The summed E-state index contributed by atoms with van der Waals surface area (Å²) in [6.07, 6.45) is -6.32. The summed E-state index contributed by atoms with van der Waals surface area (Å²) in [7, 11) is 0. The van der Waals surface area contributed by atoms with E-state index in [1.807, 2.05) is 0 Å². The highest BCUT2D eigenvalue weighted by Gasteiger charge is 2.96. The van der Waals surface area contributed by atoms with Crippen LogP contribution in [0.25, 0.3) is 0 Å². The Hall–Kier alpha value is -2.51. The van der Waals surface area contributed by atoms with Crippen LogP contribution < -0.4 is 5.32 Å². The van der Waals surface area contributed by atoms with Crippen LogP contribution >= 0.6 is 0 Å². The van der Waals surface area contributed by atoms with E-state index >= 15 is 0 Å². The average Bonchev–Trinajstić information content (AvgIpc) is 2.70. The predicted molar refractivity (Wildman–Crippen MR) is 75.7 cm³/mol. The van der Waals surface area contributed by atoms with Gasteiger partial charge in [-0.1, -0.05) is 0 Å². The lowest BCUT2D eigenvalue weighted by molar-refractivity contribution is -0.366. The van der Waals surface area contributed by atoms with E-state index in [1.165, 1.54) is 12.2 Å². The maximum absolute atomic E-state index is 14.1. The van der Waals surface area contributed by atoms with Gasteiger partial charge in [0.15, 0.2) is 0 Å². The van der Waals surface area contributed by atoms with Crippen LogP contribution in [0.3, 0.4) is 0 Å². The summed E-state index contributed by atoms with van der Waals surface area (Å²) in [5, 5.41) is 1.19. The van der Waals surface area contributed by atoms with E-state index in [-0.39, 0.29) is 12.2 Å². The van der Waals surface area contributed by atoms with Gasteiger partial charge in [0.1, 0.15) is 0 Å². The molecule has 0 unspecified atom stereocenters. The number of alkyl halides is 9. The molecule has 0 aromatic heterocycles. The van der Waals surface area contributed by atoms with Crippen molar-refractivity contribution < 1.29 is 58.6 Å². The van der Waals surface area contributed by atoms with Crippen molar-refractivity contribution >= 4 is 17.6 Å². The number of carbonyl (C=O) groups is 2. The minimum Gasteiger partial charge on any atom is -0.462 e. The third-order valence-electron chi connectivity index (χ3n) is 3.78. The van der Waals surface area contributed by atoms with Gasteiger partial charge in [-0.3, -0.25) is 9.53 Å². The van der Waals surface area contributed by atoms with Gasteiger partial charge in [0, 0.05) is 5.69 Å². The molecule has 1 heterocycles. The molecule has 1 fully saturated rings. The van der Waals surface area contributed by atoms with Gasteiger partial charge in [-0.15, -0.1) is 0 Å². The number of nitrogens with one attached hydrogen (secondary N) is 1. The Kier molecular flexibility index (Phi) is 5.32. The Morgan fingerprint density at radius 2 is 1.52 bits per heavy atom. The second-order valence-electron chi connectivity index (χ2n) is 5.69. The SMILES string of the molecule is CCOC(=O)c1ccc(NC(=O)C(F)(F)[C@@]2(F)OC(F)(F)C(F)(F)C2(F)F)cc1. The molecule has 0 aliphatic carbocycles. The number of esters is 1. The first kappa shape index (κ1) is 22.8. The van der Waals surface area contributed by atoms with E-state index in [0.717, 1.165) is 24.3 Å². The lowest BCUT2D eigenvalue weighted by Crippen LogP contribution is -2.63. The van der Waals surface area contributed by atoms with E-state index in [9.17, 15) is 49.1 Å². The Labute approximate surface area is 155 Å². The lowest BCUT2D eigenvalue weighted by Gasteiger charge is -2.31. The number of anilines is 1. The van der Waals surface area contributed by atoms with Crippen LogP contribution in [0.1, 0.15) is 17.3 Å². The van der Waals surface area contributed by atoms with Crippen molar-refractivity contribution in [1.29, 1.82) is 0 Å². The highest BCUT2D eigenvalue weighted by Crippen LogP contribution is 2.64. The molecule has 162 valence electrons. The van der Waals surface area contributed by atoms with Crippen molar-refractivity contribution in [1.82, 2.24) is 0 Å². The fourth-order valence-electron chi connectivity index (χ4n) is 2.21. The van der Waals surface area contributed by atoms with E-state index < -0.39 is 47.3 Å². The van der Waals surface area contributed by atoms with Crippen molar-refractivity contribution in [3.05, 3.63) is 29.8 Å². The van der Waals surface area contributed by atoms with E-state index in [2.05, 4.69) is 9.47 Å². The van der Waals surface area contributed by atoms with Crippen LogP contribution in [-0.2, 0) is 14.3 Å². The summed E-state index contributed by atoms with van der Waals surface area (Å²) in [4.78, 5) is 23.0. The molecule has 2 rings (SSSR count). The highest BCUT2D eigenvalue weighted by molar-refractivity contribution is 5.97. The maximum atomic E-state index is 14.1. The normalized spacial score (nSPS) is 24.8. The molecular formula is C15H10F9NO4. The van der Waals surface area contributed by atoms with Crippen LogP contribution in [0.2, 0.25) is 0 Å². The zero-order valence-corrected chi connectivity index (χ0v) is 14.1. The van der Waals surface area contributed by atoms with Crippen LogP contribution in [0.5, 0.6) is 0 Å². The fraction of sp³-hybridized carbons (Fsp3) is 0.467. The van der Waals surface area contributed by atoms with Gasteiger partial charge >= 0.3 is 41.6 Å². The Balaban J connectivity index is 2.29. The van der Waals surface area contributed by atoms with Gasteiger partial charge < -0.3 is 10.1 Å². The van der Waals surface area contributed by atoms with Crippen LogP contribution in [-0.4, -0.2) is 48.2 Å². The summed E-state index contributed by atoms with van der Waals surface area (Å²) in [5.41, 5.74) is -0.755. The molecule has 0 spiro atoms. The molecule has 29 heavy (non-hydrogen) atoms. The second kappa shape index (κ2) is 6.78. The Bertz CT molecular complexity index is 813. The van der Waals surface area contributed by atoms with Gasteiger partial charge in [-0.2, -0.15) is 39.5 Å². The number of carbonyl (C=O) groups excluding carboxylic acids is 2. The number of amides is 1. The molecule has 1 saturated heterocycles. The van der Waals surface area contributed by atoms with Crippen LogP contribution in [0.15, 0.2) is 24.3 Å². The van der Waals surface area contributed by atoms with Crippen molar-refractivity contribution in [2.24, 2.45) is 0 Å². The van der Waals surface area contributed by atoms with Gasteiger partial charge in [-0.25, -0.2) is 4.79 Å². The molecule has 0 radical (unpaired) electrons. The van der Waals surface area contributed by atoms with Gasteiger partial charge in [0.25, 0.3) is 0 Å². The first-order valence-electron chi connectivity index (χ1n) is 7.54. The summed E-state index contributed by atoms with van der Waals surface area (Å²) >= 11 is 0. The molecule has 1 aromatic carbocycles. The fourth-order valence-corrected chi connectivity index (χ4v) is 2.21. The monoisotopic (exact) mass is 439 g/mol. The maximum Gasteiger partial charge on any atom is 0.428 e. The molecule has 1 amide bonds. The van der Waals surface area contributed by atoms with E-state index in [4.69, 9.17) is 0 Å². The minimum absolute atomic E-state index is 0.00833. The standard InChI is InChI=1S/C15H10F9NO4/c1-2-28-9(26)7-3-5-8(6-4-7)25-10(27)11(16,17)14(22)12(18,19)13(20,21)15(23,24)29-14/h3-6H,2H2,1H3,(H,25,27)/t14-/m1/s1. The first-order chi connectivity index (χ1) is 13.0. The van der Waals surface area contributed by atoms with E-state index in [1.54, 1.807) is 0 Å². The Morgan fingerprint density at radius 3 is 1.93 bits per heavy atom. The van der Waals surface area contributed by atoms with Gasteiger partial charge in [0.05, 0.1) is 12.2 Å². The van der Waals surface area contributed by atoms with Crippen molar-refractivity contribution in [2.75, 3.05) is 11.9 Å². The van der Waals surface area contributed by atoms with Gasteiger partial charge in [0.2, 0.25) is 0 Å². The zero-order valence-electron chi connectivity index (χ0n) is 14.1. The smallest absolute Gasteiger partial charge is 0.428 e. The molecule has 14 heteroatoms. The molecule has 1 aliphatic heterocycles. The van der Waals surface area contributed by atoms with Crippen molar-refractivity contribution in [3.8, 4) is 0 Å². The van der Waals surface area contributed by atoms with Crippen LogP contribution in [0.4, 0.5) is 45.2 Å². The molecule has 1 aliphatic rings. The number of halogens is 9. The highest BCUT2D eigenvalue weighted by atomic mass is 19.4. The summed E-state index contributed by atoms with van der Waals surface area (Å²) in [6, 6.07) is 3.42. The zero-order chi connectivity index (χ0) is 22.5.